The highest BCUT2D eigenvalue weighted by Gasteiger charge is 2.23. The van der Waals surface area contributed by atoms with Gasteiger partial charge in [0.15, 0.2) is 11.0 Å². The van der Waals surface area contributed by atoms with Gasteiger partial charge in [-0.25, -0.2) is 4.57 Å². The maximum absolute atomic E-state index is 2.40. The Balaban J connectivity index is 0.000000461. The molecule has 3 aromatic carbocycles. The molecule has 0 amide bonds. The van der Waals surface area contributed by atoms with Crippen LogP contribution in [0.3, 0.4) is 0 Å². The van der Waals surface area contributed by atoms with Crippen molar-refractivity contribution < 1.29 is 4.57 Å². The van der Waals surface area contributed by atoms with E-state index in [1.54, 1.807) is 0 Å². The molecule has 0 aliphatic rings. The molecule has 29 heavy (non-hydrogen) atoms. The van der Waals surface area contributed by atoms with E-state index < -0.39 is 0 Å². The number of imidazole rings is 1. The van der Waals surface area contributed by atoms with Gasteiger partial charge in [-0.1, -0.05) is 90.1 Å². The summed E-state index contributed by atoms with van der Waals surface area (Å²) < 4.78 is 4.72. The number of hydrogen-bond donors (Lipinski definition) is 0. The van der Waals surface area contributed by atoms with Gasteiger partial charge in [0.25, 0.3) is 5.65 Å². The number of hydrogen-bond acceptors (Lipinski definition) is 0. The third kappa shape index (κ3) is 3.60. The number of nitrogens with zero attached hydrogens (tertiary/aromatic N) is 2. The number of para-hydroxylation sites is 3. The zero-order valence-electron chi connectivity index (χ0n) is 19.2. The molecule has 2 aromatic heterocycles. The summed E-state index contributed by atoms with van der Waals surface area (Å²) in [6, 6.07) is 23.9. The first-order valence-electron chi connectivity index (χ1n) is 11.0. The molecule has 0 N–H and O–H groups in total. The van der Waals surface area contributed by atoms with E-state index in [2.05, 4.69) is 89.7 Å². The van der Waals surface area contributed by atoms with Gasteiger partial charge < -0.3 is 0 Å². The minimum atomic E-state index is 1.26. The molecule has 5 rings (SSSR count). The zero-order valence-corrected chi connectivity index (χ0v) is 19.2. The lowest BCUT2D eigenvalue weighted by atomic mass is 10.0. The topological polar surface area (TPSA) is 8.29 Å². The Bertz CT molecular complexity index is 1230. The molecule has 2 heterocycles. The van der Waals surface area contributed by atoms with Gasteiger partial charge in [0.1, 0.15) is 5.52 Å². The average Bonchev–Trinajstić information content (AvgIpc) is 3.11. The van der Waals surface area contributed by atoms with E-state index in [9.17, 15) is 0 Å². The fraction of sp³-hybridized carbons (Fsp3) is 0.296. The van der Waals surface area contributed by atoms with Crippen molar-refractivity contribution in [3.8, 4) is 0 Å². The second-order valence-electron chi connectivity index (χ2n) is 6.22. The van der Waals surface area contributed by atoms with E-state index in [0.29, 0.717) is 0 Å². The van der Waals surface area contributed by atoms with Gasteiger partial charge in [-0.05, 0) is 30.7 Å². The van der Waals surface area contributed by atoms with Crippen molar-refractivity contribution in [2.24, 2.45) is 7.05 Å². The quantitative estimate of drug-likeness (QED) is 0.191. The number of fused-ring (bicyclic) bond motifs is 8. The smallest absolute Gasteiger partial charge is 0.225 e. The van der Waals surface area contributed by atoms with E-state index in [-0.39, 0.29) is 0 Å². The van der Waals surface area contributed by atoms with Crippen LogP contribution >= 0.6 is 0 Å². The Kier molecular flexibility index (Phi) is 7.78. The van der Waals surface area contributed by atoms with Gasteiger partial charge in [0.2, 0.25) is 0 Å². The SMILES string of the molecule is CC.CC.CC.Cc1cccc2c3ccccc3n3c4ccccc4[n+](C)c3c12. The summed E-state index contributed by atoms with van der Waals surface area (Å²) in [5, 5.41) is 3.97. The maximum Gasteiger partial charge on any atom is 0.295 e. The average molecular weight is 388 g/mol. The Hall–Kier alpha value is -2.87. The summed E-state index contributed by atoms with van der Waals surface area (Å²) in [5.74, 6) is 0. The van der Waals surface area contributed by atoms with Gasteiger partial charge >= 0.3 is 0 Å². The van der Waals surface area contributed by atoms with Crippen molar-refractivity contribution in [2.75, 3.05) is 0 Å². The minimum Gasteiger partial charge on any atom is -0.225 e. The minimum absolute atomic E-state index is 1.26. The molecule has 0 aliphatic heterocycles. The summed E-state index contributed by atoms with van der Waals surface area (Å²) in [7, 11) is 2.16. The third-order valence-electron chi connectivity index (χ3n) is 4.95. The van der Waals surface area contributed by atoms with E-state index in [0.717, 1.165) is 0 Å². The first-order valence-corrected chi connectivity index (χ1v) is 11.0. The molecule has 0 aliphatic carbocycles. The van der Waals surface area contributed by atoms with Crippen LogP contribution in [0.2, 0.25) is 0 Å². The van der Waals surface area contributed by atoms with Crippen molar-refractivity contribution in [3.05, 3.63) is 72.3 Å². The summed E-state index contributed by atoms with van der Waals surface area (Å²) in [5.41, 5.74) is 6.35. The second kappa shape index (κ2) is 10.1. The lowest BCUT2D eigenvalue weighted by Gasteiger charge is -2.06. The molecule has 0 spiro atoms. The predicted molar refractivity (Wildman–Crippen MR) is 130 cm³/mol. The summed E-state index contributed by atoms with van der Waals surface area (Å²) in [4.78, 5) is 0. The standard InChI is InChI=1S/C21H17N2.3C2H6/c1-14-8-7-10-16-15-9-3-4-11-17(15)23-19-13-6-5-12-18(19)22(2)21(23)20(14)16;3*1-2/h3-13H,1-2H3;3*1-2H3/q+1;;;. The predicted octanol–water partition coefficient (Wildman–Crippen LogP) is 7.61. The number of rotatable bonds is 0. The molecule has 152 valence electrons. The summed E-state index contributed by atoms with van der Waals surface area (Å²) in [6.07, 6.45) is 0. The van der Waals surface area contributed by atoms with Gasteiger partial charge in [-0.2, -0.15) is 4.40 Å². The first-order chi connectivity index (χ1) is 14.3. The molecule has 0 fully saturated rings. The van der Waals surface area contributed by atoms with Crippen LogP contribution in [0.1, 0.15) is 47.1 Å². The highest BCUT2D eigenvalue weighted by Crippen LogP contribution is 2.32. The van der Waals surface area contributed by atoms with Gasteiger partial charge in [0, 0.05) is 10.8 Å². The molecule has 2 nitrogen and oxygen atoms in total. The summed E-state index contributed by atoms with van der Waals surface area (Å²) >= 11 is 0. The maximum atomic E-state index is 2.40. The molecule has 0 radical (unpaired) electrons. The summed E-state index contributed by atoms with van der Waals surface area (Å²) in [6.45, 7) is 14.2. The number of benzene rings is 3. The molecular weight excluding hydrogens is 352 g/mol. The molecule has 0 bridgehead atoms. The Morgan fingerprint density at radius 1 is 0.621 bits per heavy atom. The van der Waals surface area contributed by atoms with Crippen molar-refractivity contribution in [1.82, 2.24) is 4.40 Å². The first kappa shape index (κ1) is 22.4. The largest absolute Gasteiger partial charge is 0.295 e. The van der Waals surface area contributed by atoms with E-state index in [4.69, 9.17) is 0 Å². The van der Waals surface area contributed by atoms with Crippen LogP contribution in [-0.2, 0) is 7.05 Å². The number of aromatic nitrogens is 2. The lowest BCUT2D eigenvalue weighted by Crippen LogP contribution is -2.27. The molecule has 5 aromatic rings. The Morgan fingerprint density at radius 3 is 1.86 bits per heavy atom. The normalized spacial score (nSPS) is 10.1. The molecule has 0 saturated heterocycles. The second-order valence-corrected chi connectivity index (χ2v) is 6.22. The number of aryl methyl sites for hydroxylation is 2. The van der Waals surface area contributed by atoms with Crippen molar-refractivity contribution in [2.45, 2.75) is 48.5 Å². The van der Waals surface area contributed by atoms with E-state index in [1.165, 1.54) is 43.9 Å². The molecule has 0 unspecified atom stereocenters. The molecule has 2 heteroatoms. The van der Waals surface area contributed by atoms with Crippen LogP contribution in [0.4, 0.5) is 0 Å². The van der Waals surface area contributed by atoms with Gasteiger partial charge in [-0.3, -0.25) is 0 Å². The van der Waals surface area contributed by atoms with Crippen molar-refractivity contribution >= 4 is 38.4 Å². The molecule has 0 atom stereocenters. The molecule has 0 saturated carbocycles. The highest BCUT2D eigenvalue weighted by molar-refractivity contribution is 6.13. The third-order valence-corrected chi connectivity index (χ3v) is 4.95. The number of pyridine rings is 1. The highest BCUT2D eigenvalue weighted by atomic mass is 15.1. The Morgan fingerprint density at radius 2 is 1.17 bits per heavy atom. The van der Waals surface area contributed by atoms with Crippen LogP contribution < -0.4 is 4.57 Å². The van der Waals surface area contributed by atoms with Crippen LogP contribution in [0.15, 0.2) is 66.7 Å². The monoisotopic (exact) mass is 387 g/mol. The molecular formula is C27H35N2+. The van der Waals surface area contributed by atoms with Crippen LogP contribution in [0.5, 0.6) is 0 Å². The van der Waals surface area contributed by atoms with Crippen LogP contribution in [-0.4, -0.2) is 4.40 Å². The van der Waals surface area contributed by atoms with Crippen molar-refractivity contribution in [3.63, 3.8) is 0 Å². The van der Waals surface area contributed by atoms with Crippen LogP contribution in [0, 0.1) is 6.92 Å². The van der Waals surface area contributed by atoms with Gasteiger partial charge in [0.05, 0.1) is 12.4 Å². The van der Waals surface area contributed by atoms with Crippen LogP contribution in [0.25, 0.3) is 38.4 Å². The fourth-order valence-corrected chi connectivity index (χ4v) is 3.92. The van der Waals surface area contributed by atoms with E-state index in [1.807, 2.05) is 41.5 Å². The lowest BCUT2D eigenvalue weighted by molar-refractivity contribution is -0.617. The fourth-order valence-electron chi connectivity index (χ4n) is 3.92. The Labute approximate surface area is 175 Å². The van der Waals surface area contributed by atoms with Gasteiger partial charge in [-0.15, -0.1) is 0 Å². The van der Waals surface area contributed by atoms with E-state index >= 15 is 0 Å². The zero-order chi connectivity index (χ0) is 21.6. The van der Waals surface area contributed by atoms with Crippen molar-refractivity contribution in [1.29, 1.82) is 0 Å².